The van der Waals surface area contributed by atoms with Crippen molar-refractivity contribution in [3.8, 4) is 5.75 Å². The topological polar surface area (TPSA) is 76.2 Å². The highest BCUT2D eigenvalue weighted by molar-refractivity contribution is 6.09. The molecule has 0 N–H and O–H groups in total. The fourth-order valence-electron chi connectivity index (χ4n) is 2.16. The molecule has 1 aromatic carbocycles. The maximum Gasteiger partial charge on any atom is 0.340 e. The van der Waals surface area contributed by atoms with E-state index in [9.17, 15) is 14.4 Å². The number of benzene rings is 1. The molecule has 0 aromatic heterocycles. The van der Waals surface area contributed by atoms with E-state index in [1.54, 1.807) is 19.2 Å². The molecule has 21 heavy (non-hydrogen) atoms. The largest absolute Gasteiger partial charge is 0.495 e. The summed E-state index contributed by atoms with van der Waals surface area (Å²) < 4.78 is 9.94. The number of rotatable bonds is 3. The van der Waals surface area contributed by atoms with Crippen LogP contribution in [0.3, 0.4) is 0 Å². The molecule has 0 aliphatic carbocycles. The third-order valence-electron chi connectivity index (χ3n) is 3.29. The number of ether oxygens (including phenoxy) is 2. The SMILES string of the molecule is COC(=O)c1cccc(OC)c1N1CC(=O)N(C)CC1=O. The Kier molecular flexibility index (Phi) is 4.11. The highest BCUT2D eigenvalue weighted by atomic mass is 16.5. The summed E-state index contributed by atoms with van der Waals surface area (Å²) >= 11 is 0. The Labute approximate surface area is 122 Å². The molecule has 0 unspecified atom stereocenters. The standard InChI is InChI=1S/C14H16N2O5/c1-15-7-12(18)16(8-11(15)17)13-9(14(19)21-3)5-4-6-10(13)20-2/h4-6H,7-8H2,1-3H3. The van der Waals surface area contributed by atoms with Crippen LogP contribution in [0, 0.1) is 0 Å². The fourth-order valence-corrected chi connectivity index (χ4v) is 2.16. The maximum absolute atomic E-state index is 12.2. The zero-order chi connectivity index (χ0) is 15.6. The van der Waals surface area contributed by atoms with Crippen molar-refractivity contribution in [3.05, 3.63) is 23.8 Å². The summed E-state index contributed by atoms with van der Waals surface area (Å²) in [5.41, 5.74) is 0.445. The molecule has 0 atom stereocenters. The lowest BCUT2D eigenvalue weighted by molar-refractivity contribution is -0.136. The summed E-state index contributed by atoms with van der Waals surface area (Å²) in [6.45, 7) is -0.183. The van der Waals surface area contributed by atoms with Gasteiger partial charge < -0.3 is 14.4 Å². The van der Waals surface area contributed by atoms with Gasteiger partial charge in [0.15, 0.2) is 0 Å². The predicted octanol–water partition coefficient (Wildman–Crippen LogP) is 0.287. The first-order valence-electron chi connectivity index (χ1n) is 6.29. The number of methoxy groups -OCH3 is 2. The number of carbonyl (C=O) groups excluding carboxylic acids is 3. The molecule has 1 heterocycles. The first-order chi connectivity index (χ1) is 9.99. The van der Waals surface area contributed by atoms with Crippen molar-refractivity contribution in [1.82, 2.24) is 4.90 Å². The van der Waals surface area contributed by atoms with E-state index in [-0.39, 0.29) is 36.2 Å². The van der Waals surface area contributed by atoms with Gasteiger partial charge in [-0.2, -0.15) is 0 Å². The van der Waals surface area contributed by atoms with Gasteiger partial charge in [0, 0.05) is 7.05 Å². The molecule has 2 rings (SSSR count). The van der Waals surface area contributed by atoms with Gasteiger partial charge in [-0.1, -0.05) is 6.07 Å². The second kappa shape index (κ2) is 5.82. The van der Waals surface area contributed by atoms with E-state index >= 15 is 0 Å². The molecule has 1 aliphatic heterocycles. The van der Waals surface area contributed by atoms with Crippen molar-refractivity contribution in [3.63, 3.8) is 0 Å². The van der Waals surface area contributed by atoms with Crippen LogP contribution in [-0.4, -0.2) is 57.0 Å². The number of amides is 2. The molecule has 7 nitrogen and oxygen atoms in total. The molecule has 0 bridgehead atoms. The second-order valence-electron chi connectivity index (χ2n) is 4.58. The van der Waals surface area contributed by atoms with E-state index in [1.165, 1.54) is 30.1 Å². The summed E-state index contributed by atoms with van der Waals surface area (Å²) in [6, 6.07) is 4.77. The zero-order valence-corrected chi connectivity index (χ0v) is 12.1. The van der Waals surface area contributed by atoms with E-state index < -0.39 is 5.97 Å². The van der Waals surface area contributed by atoms with Gasteiger partial charge in [0.05, 0.1) is 26.3 Å². The molecule has 0 saturated carbocycles. The smallest absolute Gasteiger partial charge is 0.340 e. The van der Waals surface area contributed by atoms with E-state index in [2.05, 4.69) is 0 Å². The lowest BCUT2D eigenvalue weighted by Gasteiger charge is -2.33. The minimum Gasteiger partial charge on any atom is -0.495 e. The molecule has 1 aliphatic rings. The summed E-state index contributed by atoms with van der Waals surface area (Å²) in [4.78, 5) is 38.5. The van der Waals surface area contributed by atoms with Gasteiger partial charge in [-0.15, -0.1) is 0 Å². The molecule has 1 aromatic rings. The number of hydrogen-bond acceptors (Lipinski definition) is 5. The van der Waals surface area contributed by atoms with Crippen LogP contribution in [0.5, 0.6) is 5.75 Å². The van der Waals surface area contributed by atoms with Gasteiger partial charge in [0.25, 0.3) is 0 Å². The molecular weight excluding hydrogens is 276 g/mol. The second-order valence-corrected chi connectivity index (χ2v) is 4.58. The molecule has 1 fully saturated rings. The number of para-hydroxylation sites is 1. The van der Waals surface area contributed by atoms with E-state index in [4.69, 9.17) is 9.47 Å². The van der Waals surface area contributed by atoms with Crippen LogP contribution in [0.2, 0.25) is 0 Å². The zero-order valence-electron chi connectivity index (χ0n) is 12.1. The lowest BCUT2D eigenvalue weighted by atomic mass is 10.1. The molecule has 0 radical (unpaired) electrons. The fraction of sp³-hybridized carbons (Fsp3) is 0.357. The summed E-state index contributed by atoms with van der Waals surface area (Å²) in [7, 11) is 4.24. The van der Waals surface area contributed by atoms with Crippen LogP contribution in [0.4, 0.5) is 5.69 Å². The molecule has 1 saturated heterocycles. The van der Waals surface area contributed by atoms with Crippen LogP contribution < -0.4 is 9.64 Å². The highest BCUT2D eigenvalue weighted by Gasteiger charge is 2.33. The number of hydrogen-bond donors (Lipinski definition) is 0. The van der Waals surface area contributed by atoms with Crippen LogP contribution in [-0.2, 0) is 14.3 Å². The van der Waals surface area contributed by atoms with Crippen molar-refractivity contribution < 1.29 is 23.9 Å². The highest BCUT2D eigenvalue weighted by Crippen LogP contribution is 2.33. The third kappa shape index (κ3) is 2.67. The Hall–Kier alpha value is -2.57. The third-order valence-corrected chi connectivity index (χ3v) is 3.29. The van der Waals surface area contributed by atoms with Crippen molar-refractivity contribution in [2.24, 2.45) is 0 Å². The van der Waals surface area contributed by atoms with Gasteiger partial charge in [-0.05, 0) is 12.1 Å². The van der Waals surface area contributed by atoms with Crippen molar-refractivity contribution in [1.29, 1.82) is 0 Å². The Balaban J connectivity index is 2.53. The Bertz CT molecular complexity index is 599. The van der Waals surface area contributed by atoms with E-state index in [0.29, 0.717) is 5.75 Å². The Morgan fingerprint density at radius 3 is 2.48 bits per heavy atom. The van der Waals surface area contributed by atoms with E-state index in [1.807, 2.05) is 0 Å². The minimum atomic E-state index is -0.594. The van der Waals surface area contributed by atoms with E-state index in [0.717, 1.165) is 0 Å². The summed E-state index contributed by atoms with van der Waals surface area (Å²) in [5.74, 6) is -0.755. The van der Waals surface area contributed by atoms with Crippen LogP contribution >= 0.6 is 0 Å². The van der Waals surface area contributed by atoms with Gasteiger partial charge in [-0.25, -0.2) is 4.79 Å². The first kappa shape index (κ1) is 14.8. The molecule has 7 heteroatoms. The Morgan fingerprint density at radius 1 is 1.14 bits per heavy atom. The van der Waals surface area contributed by atoms with Crippen LogP contribution in [0.1, 0.15) is 10.4 Å². The molecule has 112 valence electrons. The first-order valence-corrected chi connectivity index (χ1v) is 6.29. The number of likely N-dealkylation sites (N-methyl/N-ethyl adjacent to an activating group) is 1. The van der Waals surface area contributed by atoms with Crippen molar-refractivity contribution in [2.75, 3.05) is 39.3 Å². The minimum absolute atomic E-state index is 0.0442. The number of nitrogens with zero attached hydrogens (tertiary/aromatic N) is 2. The van der Waals surface area contributed by atoms with Crippen LogP contribution in [0.15, 0.2) is 18.2 Å². The number of piperazine rings is 1. The lowest BCUT2D eigenvalue weighted by Crippen LogP contribution is -2.52. The predicted molar refractivity (Wildman–Crippen MR) is 74.3 cm³/mol. The van der Waals surface area contributed by atoms with Gasteiger partial charge in [-0.3, -0.25) is 14.5 Å². The summed E-state index contributed by atoms with van der Waals surface area (Å²) in [5, 5.41) is 0. The van der Waals surface area contributed by atoms with Gasteiger partial charge in [0.1, 0.15) is 18.0 Å². The monoisotopic (exact) mass is 292 g/mol. The van der Waals surface area contributed by atoms with Gasteiger partial charge >= 0.3 is 5.97 Å². The average Bonchev–Trinajstić information content (AvgIpc) is 2.49. The molecular formula is C14H16N2O5. The number of esters is 1. The summed E-state index contributed by atoms with van der Waals surface area (Å²) in [6.07, 6.45) is 0. The maximum atomic E-state index is 12.2. The normalized spacial score (nSPS) is 15.2. The molecule has 0 spiro atoms. The van der Waals surface area contributed by atoms with Gasteiger partial charge in [0.2, 0.25) is 11.8 Å². The van der Waals surface area contributed by atoms with Crippen molar-refractivity contribution >= 4 is 23.5 Å². The number of anilines is 1. The molecule has 2 amide bonds. The van der Waals surface area contributed by atoms with Crippen LogP contribution in [0.25, 0.3) is 0 Å². The number of carbonyl (C=O) groups is 3. The van der Waals surface area contributed by atoms with Crippen molar-refractivity contribution in [2.45, 2.75) is 0 Å². The average molecular weight is 292 g/mol. The quantitative estimate of drug-likeness (QED) is 0.748. The Morgan fingerprint density at radius 2 is 1.86 bits per heavy atom.